The number of likely N-dealkylation sites (N-methyl/N-ethyl adjacent to an activating group) is 1. The quantitative estimate of drug-likeness (QED) is 0.789. The van der Waals surface area contributed by atoms with E-state index in [0.29, 0.717) is 17.9 Å². The second kappa shape index (κ2) is 5.75. The Balaban J connectivity index is 2.32. The number of thioether (sulfide) groups is 1. The van der Waals surface area contributed by atoms with E-state index in [4.69, 9.17) is 0 Å². The molecule has 0 N–H and O–H groups in total. The summed E-state index contributed by atoms with van der Waals surface area (Å²) in [5, 5.41) is 0. The first-order valence-corrected chi connectivity index (χ1v) is 7.20. The Morgan fingerprint density at radius 2 is 2.16 bits per heavy atom. The highest BCUT2D eigenvalue weighted by atomic mass is 32.2. The molecule has 0 bridgehead atoms. The topological polar surface area (TPSA) is 40.6 Å². The van der Waals surface area contributed by atoms with Crippen molar-refractivity contribution in [2.75, 3.05) is 37.8 Å². The molecule has 1 aliphatic heterocycles. The number of carbonyl (C=O) groups excluding carboxylic acids is 2. The van der Waals surface area contributed by atoms with E-state index < -0.39 is 0 Å². The van der Waals surface area contributed by atoms with Crippen LogP contribution < -0.4 is 4.90 Å². The van der Waals surface area contributed by atoms with Crippen LogP contribution >= 0.6 is 11.8 Å². The third-order valence-electron chi connectivity index (χ3n) is 3.08. The zero-order chi connectivity index (χ0) is 14.0. The van der Waals surface area contributed by atoms with Crippen LogP contribution in [0.15, 0.2) is 23.1 Å². The molecule has 1 aromatic carbocycles. The Morgan fingerprint density at radius 1 is 1.42 bits per heavy atom. The normalized spacial score (nSPS) is 14.7. The van der Waals surface area contributed by atoms with Gasteiger partial charge < -0.3 is 9.80 Å². The maximum Gasteiger partial charge on any atom is 0.237 e. The number of anilines is 1. The van der Waals surface area contributed by atoms with E-state index in [1.54, 1.807) is 11.8 Å². The molecular formula is C14H18N2O2S. The van der Waals surface area contributed by atoms with E-state index in [0.717, 1.165) is 17.1 Å². The van der Waals surface area contributed by atoms with Crippen LogP contribution in [0.4, 0.5) is 5.69 Å². The van der Waals surface area contributed by atoms with Crippen molar-refractivity contribution in [1.82, 2.24) is 4.90 Å². The lowest BCUT2D eigenvalue weighted by Gasteiger charge is -2.30. The van der Waals surface area contributed by atoms with Crippen LogP contribution in [0.3, 0.4) is 0 Å². The van der Waals surface area contributed by atoms with Gasteiger partial charge in [-0.25, -0.2) is 0 Å². The van der Waals surface area contributed by atoms with Crippen molar-refractivity contribution >= 4 is 29.1 Å². The number of rotatable bonds is 4. The molecule has 0 radical (unpaired) electrons. The number of hydrogen-bond donors (Lipinski definition) is 0. The Kier molecular flexibility index (Phi) is 4.27. The predicted octanol–water partition coefficient (Wildman–Crippen LogP) is 1.89. The molecule has 0 atom stereocenters. The molecule has 1 aromatic rings. The van der Waals surface area contributed by atoms with Crippen molar-refractivity contribution < 1.29 is 9.59 Å². The van der Waals surface area contributed by atoms with Gasteiger partial charge in [0.25, 0.3) is 0 Å². The van der Waals surface area contributed by atoms with Crippen molar-refractivity contribution in [2.24, 2.45) is 0 Å². The van der Waals surface area contributed by atoms with Gasteiger partial charge in [-0.3, -0.25) is 9.59 Å². The smallest absolute Gasteiger partial charge is 0.237 e. The lowest BCUT2D eigenvalue weighted by Crippen LogP contribution is -2.40. The average Bonchev–Trinajstić information content (AvgIpc) is 2.36. The summed E-state index contributed by atoms with van der Waals surface area (Å²) in [7, 11) is 3.96. The van der Waals surface area contributed by atoms with Crippen molar-refractivity contribution in [1.29, 1.82) is 0 Å². The van der Waals surface area contributed by atoms with Crippen LogP contribution in [-0.4, -0.2) is 49.5 Å². The highest BCUT2D eigenvalue weighted by Crippen LogP contribution is 2.35. The number of hydrogen-bond acceptors (Lipinski definition) is 4. The summed E-state index contributed by atoms with van der Waals surface area (Å²) in [6.07, 6.45) is 0. The average molecular weight is 278 g/mol. The summed E-state index contributed by atoms with van der Waals surface area (Å²) in [5.74, 6) is 0.610. The number of ketones is 1. The molecular weight excluding hydrogens is 260 g/mol. The molecule has 0 fully saturated rings. The van der Waals surface area contributed by atoms with Crippen LogP contribution in [-0.2, 0) is 4.79 Å². The highest BCUT2D eigenvalue weighted by molar-refractivity contribution is 8.00. The number of carbonyl (C=O) groups is 2. The summed E-state index contributed by atoms with van der Waals surface area (Å²) in [5.41, 5.74) is 1.53. The van der Waals surface area contributed by atoms with Crippen molar-refractivity contribution in [2.45, 2.75) is 11.8 Å². The van der Waals surface area contributed by atoms with Gasteiger partial charge in [-0.2, -0.15) is 0 Å². The molecule has 1 heterocycles. The first kappa shape index (κ1) is 14.1. The minimum Gasteiger partial charge on any atom is -0.309 e. The van der Waals surface area contributed by atoms with Gasteiger partial charge in [0, 0.05) is 23.5 Å². The largest absolute Gasteiger partial charge is 0.309 e. The van der Waals surface area contributed by atoms with Crippen LogP contribution in [0.2, 0.25) is 0 Å². The molecule has 19 heavy (non-hydrogen) atoms. The molecule has 102 valence electrons. The van der Waals surface area contributed by atoms with Crippen molar-refractivity contribution in [3.05, 3.63) is 23.8 Å². The Hall–Kier alpha value is -1.33. The maximum atomic E-state index is 12.1. The fraction of sp³-hybridized carbons (Fsp3) is 0.429. The summed E-state index contributed by atoms with van der Waals surface area (Å²) >= 11 is 1.54. The maximum absolute atomic E-state index is 12.1. The molecule has 0 aromatic heterocycles. The summed E-state index contributed by atoms with van der Waals surface area (Å²) in [6.45, 7) is 3.00. The fourth-order valence-electron chi connectivity index (χ4n) is 1.97. The lowest BCUT2D eigenvalue weighted by atomic mass is 10.1. The minimum atomic E-state index is 0.0263. The Morgan fingerprint density at radius 3 is 2.79 bits per heavy atom. The Labute approximate surface area is 117 Å². The van der Waals surface area contributed by atoms with E-state index in [9.17, 15) is 9.59 Å². The van der Waals surface area contributed by atoms with Crippen LogP contribution in [0.25, 0.3) is 0 Å². The monoisotopic (exact) mass is 278 g/mol. The minimum absolute atomic E-state index is 0.0263. The van der Waals surface area contributed by atoms with E-state index in [-0.39, 0.29) is 11.7 Å². The molecule has 0 spiro atoms. The van der Waals surface area contributed by atoms with Crippen LogP contribution in [0.5, 0.6) is 0 Å². The van der Waals surface area contributed by atoms with E-state index in [1.165, 1.54) is 11.8 Å². The third kappa shape index (κ3) is 3.16. The molecule has 0 aliphatic carbocycles. The summed E-state index contributed by atoms with van der Waals surface area (Å²) in [6, 6.07) is 5.59. The van der Waals surface area contributed by atoms with Crippen molar-refractivity contribution in [3.8, 4) is 0 Å². The second-order valence-corrected chi connectivity index (χ2v) is 5.89. The summed E-state index contributed by atoms with van der Waals surface area (Å²) < 4.78 is 0. The van der Waals surface area contributed by atoms with E-state index in [2.05, 4.69) is 0 Å². The molecule has 1 aliphatic rings. The van der Waals surface area contributed by atoms with Crippen LogP contribution in [0.1, 0.15) is 17.3 Å². The van der Waals surface area contributed by atoms with E-state index >= 15 is 0 Å². The Bertz CT molecular complexity index is 514. The molecule has 0 saturated carbocycles. The van der Waals surface area contributed by atoms with Gasteiger partial charge in [-0.15, -0.1) is 11.8 Å². The molecule has 0 unspecified atom stereocenters. The molecule has 1 amide bonds. The second-order valence-electron chi connectivity index (χ2n) is 4.88. The highest BCUT2D eigenvalue weighted by Gasteiger charge is 2.25. The number of amides is 1. The number of benzene rings is 1. The third-order valence-corrected chi connectivity index (χ3v) is 4.13. The molecule has 4 nitrogen and oxygen atoms in total. The fourth-order valence-corrected chi connectivity index (χ4v) is 2.88. The zero-order valence-electron chi connectivity index (χ0n) is 11.5. The number of fused-ring (bicyclic) bond motifs is 1. The van der Waals surface area contributed by atoms with Crippen molar-refractivity contribution in [3.63, 3.8) is 0 Å². The van der Waals surface area contributed by atoms with Gasteiger partial charge in [0.05, 0.1) is 11.4 Å². The number of Topliss-reactive ketones (excluding diaryl/α,β-unsaturated/α-hetero) is 1. The molecule has 5 heteroatoms. The van der Waals surface area contributed by atoms with Crippen LogP contribution in [0, 0.1) is 0 Å². The zero-order valence-corrected chi connectivity index (χ0v) is 12.3. The first-order valence-electron chi connectivity index (χ1n) is 6.22. The molecule has 0 saturated heterocycles. The predicted molar refractivity (Wildman–Crippen MR) is 78.1 cm³/mol. The standard InChI is InChI=1S/C14H18N2O2S/c1-10(17)11-4-5-13-12(8-11)16(7-6-15(2)3)14(18)9-19-13/h4-5,8H,6-7,9H2,1-3H3. The van der Waals surface area contributed by atoms with Gasteiger partial charge in [0.2, 0.25) is 5.91 Å². The van der Waals surface area contributed by atoms with Gasteiger partial charge in [-0.1, -0.05) is 6.07 Å². The first-order chi connectivity index (χ1) is 8.99. The summed E-state index contributed by atoms with van der Waals surface area (Å²) in [4.78, 5) is 28.4. The molecule has 2 rings (SSSR count). The van der Waals surface area contributed by atoms with Gasteiger partial charge in [0.1, 0.15) is 0 Å². The lowest BCUT2D eigenvalue weighted by molar-refractivity contribution is -0.116. The number of nitrogens with zero attached hydrogens (tertiary/aromatic N) is 2. The van der Waals surface area contributed by atoms with E-state index in [1.807, 2.05) is 37.2 Å². The van der Waals surface area contributed by atoms with Gasteiger partial charge in [0.15, 0.2) is 5.78 Å². The SMILES string of the molecule is CC(=O)c1ccc2c(c1)N(CCN(C)C)C(=O)CS2. The van der Waals surface area contributed by atoms with Gasteiger partial charge in [-0.05, 0) is 33.2 Å². The van der Waals surface area contributed by atoms with Gasteiger partial charge >= 0.3 is 0 Å².